The molecule has 1 heterocycles. The summed E-state index contributed by atoms with van der Waals surface area (Å²) in [4.78, 5) is 3.81. The molecule has 19 heavy (non-hydrogen) atoms. The van der Waals surface area contributed by atoms with Crippen LogP contribution in [0.2, 0.25) is 5.15 Å². The summed E-state index contributed by atoms with van der Waals surface area (Å²) in [6.45, 7) is 2.60. The van der Waals surface area contributed by atoms with E-state index in [0.29, 0.717) is 6.54 Å². The van der Waals surface area contributed by atoms with E-state index in [0.717, 1.165) is 19.3 Å². The second-order valence-electron chi connectivity index (χ2n) is 4.62. The Balaban J connectivity index is 2.34. The summed E-state index contributed by atoms with van der Waals surface area (Å²) < 4.78 is 27.9. The number of rotatable bonds is 9. The summed E-state index contributed by atoms with van der Waals surface area (Å²) in [6, 6.07) is 0. The first kappa shape index (κ1) is 16.5. The van der Waals surface area contributed by atoms with Crippen molar-refractivity contribution in [2.24, 2.45) is 7.05 Å². The second kappa shape index (κ2) is 7.87. The molecule has 0 fully saturated rings. The van der Waals surface area contributed by atoms with Gasteiger partial charge in [-0.3, -0.25) is 0 Å². The molecule has 1 aromatic rings. The molecule has 0 aliphatic heterocycles. The van der Waals surface area contributed by atoms with Crippen LogP contribution in [0.15, 0.2) is 11.4 Å². The number of hydrogen-bond donors (Lipinski definition) is 1. The van der Waals surface area contributed by atoms with Crippen LogP contribution in [-0.2, 0) is 17.1 Å². The van der Waals surface area contributed by atoms with Crippen molar-refractivity contribution in [2.75, 3.05) is 6.54 Å². The molecular formula is C12H22ClN3O2S. The Morgan fingerprint density at radius 3 is 2.47 bits per heavy atom. The highest BCUT2D eigenvalue weighted by molar-refractivity contribution is 7.89. The minimum Gasteiger partial charge on any atom is -0.324 e. The Hall–Kier alpha value is -0.590. The average molecular weight is 308 g/mol. The third kappa shape index (κ3) is 5.12. The van der Waals surface area contributed by atoms with Crippen LogP contribution in [0.25, 0.3) is 0 Å². The molecular weight excluding hydrogens is 286 g/mol. The highest BCUT2D eigenvalue weighted by Gasteiger charge is 2.21. The van der Waals surface area contributed by atoms with E-state index in [-0.39, 0.29) is 10.2 Å². The topological polar surface area (TPSA) is 64.0 Å². The quantitative estimate of drug-likeness (QED) is 0.713. The molecule has 0 aliphatic carbocycles. The lowest BCUT2D eigenvalue weighted by Gasteiger charge is -2.05. The first-order valence-electron chi connectivity index (χ1n) is 6.65. The first-order valence-corrected chi connectivity index (χ1v) is 8.51. The highest BCUT2D eigenvalue weighted by Crippen LogP contribution is 2.18. The maximum atomic E-state index is 11.9. The van der Waals surface area contributed by atoms with Crippen molar-refractivity contribution in [1.29, 1.82) is 0 Å². The van der Waals surface area contributed by atoms with E-state index < -0.39 is 10.0 Å². The first-order chi connectivity index (χ1) is 8.99. The zero-order chi connectivity index (χ0) is 14.3. The van der Waals surface area contributed by atoms with E-state index in [1.54, 1.807) is 7.05 Å². The van der Waals surface area contributed by atoms with E-state index in [9.17, 15) is 8.42 Å². The minimum atomic E-state index is -3.58. The lowest BCUT2D eigenvalue weighted by atomic mass is 10.1. The smallest absolute Gasteiger partial charge is 0.261 e. The molecule has 0 atom stereocenters. The van der Waals surface area contributed by atoms with Crippen molar-refractivity contribution in [1.82, 2.24) is 14.3 Å². The van der Waals surface area contributed by atoms with Crippen LogP contribution in [0.3, 0.4) is 0 Å². The SMILES string of the molecule is CCCCCCCCNS(=O)(=O)c1ncn(C)c1Cl. The fourth-order valence-corrected chi connectivity index (χ4v) is 3.25. The lowest BCUT2D eigenvalue weighted by molar-refractivity contribution is 0.565. The van der Waals surface area contributed by atoms with E-state index in [4.69, 9.17) is 11.6 Å². The molecule has 0 saturated heterocycles. The van der Waals surface area contributed by atoms with Gasteiger partial charge in [0.2, 0.25) is 5.03 Å². The lowest BCUT2D eigenvalue weighted by Crippen LogP contribution is -2.25. The molecule has 1 aromatic heterocycles. The number of nitrogens with one attached hydrogen (secondary N) is 1. The Kier molecular flexibility index (Phi) is 6.82. The summed E-state index contributed by atoms with van der Waals surface area (Å²) >= 11 is 5.87. The standard InChI is InChI=1S/C12H22ClN3O2S/c1-3-4-5-6-7-8-9-15-19(17,18)12-11(13)16(2)10-14-12/h10,15H,3-9H2,1-2H3. The Bertz CT molecular complexity index is 485. The van der Waals surface area contributed by atoms with Crippen LogP contribution >= 0.6 is 11.6 Å². The maximum absolute atomic E-state index is 11.9. The molecule has 5 nitrogen and oxygen atoms in total. The van der Waals surface area contributed by atoms with Crippen molar-refractivity contribution in [3.8, 4) is 0 Å². The van der Waals surface area contributed by atoms with Gasteiger partial charge in [0.25, 0.3) is 10.0 Å². The van der Waals surface area contributed by atoms with Gasteiger partial charge in [-0.25, -0.2) is 18.1 Å². The fourth-order valence-electron chi connectivity index (χ4n) is 1.75. The zero-order valence-corrected chi connectivity index (χ0v) is 13.1. The van der Waals surface area contributed by atoms with Gasteiger partial charge >= 0.3 is 0 Å². The average Bonchev–Trinajstić information content (AvgIpc) is 2.69. The van der Waals surface area contributed by atoms with Crippen LogP contribution in [0.1, 0.15) is 45.4 Å². The zero-order valence-electron chi connectivity index (χ0n) is 11.5. The van der Waals surface area contributed by atoms with Crippen molar-refractivity contribution >= 4 is 21.6 Å². The van der Waals surface area contributed by atoms with Crippen LogP contribution in [0.5, 0.6) is 0 Å². The molecule has 1 rings (SSSR count). The molecule has 0 radical (unpaired) electrons. The van der Waals surface area contributed by atoms with Crippen molar-refractivity contribution in [3.63, 3.8) is 0 Å². The van der Waals surface area contributed by atoms with Gasteiger partial charge in [0.15, 0.2) is 0 Å². The molecule has 1 N–H and O–H groups in total. The number of nitrogens with zero attached hydrogens (tertiary/aromatic N) is 2. The summed E-state index contributed by atoms with van der Waals surface area (Å²) in [7, 11) is -1.93. The number of imidazole rings is 1. The van der Waals surface area contributed by atoms with Crippen LogP contribution in [-0.4, -0.2) is 24.5 Å². The number of sulfonamides is 1. The fraction of sp³-hybridized carbons (Fsp3) is 0.750. The van der Waals surface area contributed by atoms with E-state index in [2.05, 4.69) is 16.6 Å². The summed E-state index contributed by atoms with van der Waals surface area (Å²) in [5.74, 6) is 0. The van der Waals surface area contributed by atoms with Crippen LogP contribution in [0, 0.1) is 0 Å². The highest BCUT2D eigenvalue weighted by atomic mass is 35.5. The summed E-state index contributed by atoms with van der Waals surface area (Å²) in [5, 5.41) is 0.0399. The van der Waals surface area contributed by atoms with Crippen molar-refractivity contribution < 1.29 is 8.42 Å². The van der Waals surface area contributed by atoms with Gasteiger partial charge in [0.1, 0.15) is 5.15 Å². The van der Waals surface area contributed by atoms with Crippen LogP contribution in [0.4, 0.5) is 0 Å². The molecule has 0 aromatic carbocycles. The van der Waals surface area contributed by atoms with Gasteiger partial charge in [0.05, 0.1) is 6.33 Å². The second-order valence-corrected chi connectivity index (χ2v) is 6.66. The molecule has 0 unspecified atom stereocenters. The van der Waals surface area contributed by atoms with E-state index in [1.807, 2.05) is 0 Å². The van der Waals surface area contributed by atoms with E-state index >= 15 is 0 Å². The predicted molar refractivity (Wildman–Crippen MR) is 76.8 cm³/mol. The Morgan fingerprint density at radius 2 is 1.89 bits per heavy atom. The van der Waals surface area contributed by atoms with Gasteiger partial charge in [-0.1, -0.05) is 50.6 Å². The van der Waals surface area contributed by atoms with Gasteiger partial charge in [-0.15, -0.1) is 0 Å². The van der Waals surface area contributed by atoms with Crippen LogP contribution < -0.4 is 4.72 Å². The largest absolute Gasteiger partial charge is 0.324 e. The summed E-state index contributed by atoms with van der Waals surface area (Å²) in [5.41, 5.74) is 0. The Morgan fingerprint density at radius 1 is 1.26 bits per heavy atom. The number of aromatic nitrogens is 2. The maximum Gasteiger partial charge on any atom is 0.261 e. The predicted octanol–water partition coefficient (Wildman–Crippen LogP) is 2.71. The summed E-state index contributed by atoms with van der Waals surface area (Å²) in [6.07, 6.45) is 8.10. The molecule has 110 valence electrons. The van der Waals surface area contributed by atoms with Gasteiger partial charge in [-0.05, 0) is 6.42 Å². The molecule has 0 amide bonds. The van der Waals surface area contributed by atoms with Gasteiger partial charge in [0, 0.05) is 13.6 Å². The molecule has 0 bridgehead atoms. The monoisotopic (exact) mass is 307 g/mol. The van der Waals surface area contributed by atoms with Gasteiger partial charge < -0.3 is 4.57 Å². The molecule has 7 heteroatoms. The molecule has 0 spiro atoms. The third-order valence-electron chi connectivity index (χ3n) is 2.91. The number of hydrogen-bond acceptors (Lipinski definition) is 3. The van der Waals surface area contributed by atoms with Crippen molar-refractivity contribution in [3.05, 3.63) is 11.5 Å². The third-order valence-corrected chi connectivity index (χ3v) is 4.86. The number of aryl methyl sites for hydroxylation is 1. The molecule has 0 saturated carbocycles. The Labute approximate surface area is 120 Å². The van der Waals surface area contributed by atoms with Gasteiger partial charge in [-0.2, -0.15) is 0 Å². The molecule has 0 aliphatic rings. The minimum absolute atomic E-state index is 0.0948. The number of unbranched alkanes of at least 4 members (excludes halogenated alkanes) is 5. The normalized spacial score (nSPS) is 11.9. The van der Waals surface area contributed by atoms with E-state index in [1.165, 1.54) is 30.2 Å². The number of halogens is 1. The van der Waals surface area contributed by atoms with Crippen molar-refractivity contribution in [2.45, 2.75) is 50.5 Å².